The van der Waals surface area contributed by atoms with Gasteiger partial charge in [-0.2, -0.15) is 0 Å². The van der Waals surface area contributed by atoms with Crippen LogP contribution in [0.5, 0.6) is 0 Å². The van der Waals surface area contributed by atoms with E-state index in [9.17, 15) is 4.79 Å². The number of carbonyl (C=O) groups excluding carboxylic acids is 1. The van der Waals surface area contributed by atoms with Gasteiger partial charge in [0.1, 0.15) is 6.04 Å². The molecule has 0 aromatic carbocycles. The lowest BCUT2D eigenvalue weighted by atomic mass is 9.86. The zero-order chi connectivity index (χ0) is 9.00. The molecule has 3 rings (SSSR count). The van der Waals surface area contributed by atoms with Gasteiger partial charge in [-0.25, -0.2) is 0 Å². The number of nitrogens with one attached hydrogen (secondary N) is 1. The Morgan fingerprint density at radius 3 is 3.15 bits per heavy atom. The fraction of sp³-hybridized carbons (Fsp3) is 0.700. The van der Waals surface area contributed by atoms with Gasteiger partial charge in [-0.3, -0.25) is 4.79 Å². The third-order valence-corrected chi connectivity index (χ3v) is 3.84. The third-order valence-electron chi connectivity index (χ3n) is 3.84. The molecule has 1 heterocycles. The van der Waals surface area contributed by atoms with Gasteiger partial charge in [0.05, 0.1) is 0 Å². The fourth-order valence-electron chi connectivity index (χ4n) is 3.31. The number of allylic oxidation sites excluding steroid dienone is 1. The van der Waals surface area contributed by atoms with Gasteiger partial charge < -0.3 is 11.1 Å². The van der Waals surface area contributed by atoms with E-state index in [2.05, 4.69) is 5.32 Å². The van der Waals surface area contributed by atoms with E-state index in [1.54, 1.807) is 0 Å². The number of hydrogen-bond acceptors (Lipinski definition) is 2. The molecular formula is C10H14N2O. The Balaban J connectivity index is 2.01. The first-order valence-electron chi connectivity index (χ1n) is 5.02. The van der Waals surface area contributed by atoms with Crippen LogP contribution in [0.25, 0.3) is 0 Å². The van der Waals surface area contributed by atoms with Crippen LogP contribution in [0, 0.1) is 11.8 Å². The quantitative estimate of drug-likeness (QED) is 0.562. The molecule has 3 atom stereocenters. The summed E-state index contributed by atoms with van der Waals surface area (Å²) in [5, 5.41) is 3.23. The second-order valence-corrected chi connectivity index (χ2v) is 4.41. The normalized spacial score (nSPS) is 41.4. The van der Waals surface area contributed by atoms with E-state index >= 15 is 0 Å². The summed E-state index contributed by atoms with van der Waals surface area (Å²) in [6.07, 6.45) is 3.78. The highest BCUT2D eigenvalue weighted by Crippen LogP contribution is 2.50. The van der Waals surface area contributed by atoms with Crippen LogP contribution in [-0.4, -0.2) is 18.5 Å². The zero-order valence-electron chi connectivity index (χ0n) is 7.55. The highest BCUT2D eigenvalue weighted by Gasteiger charge is 2.46. The topological polar surface area (TPSA) is 55.1 Å². The predicted molar refractivity (Wildman–Crippen MR) is 48.8 cm³/mol. The fourth-order valence-corrected chi connectivity index (χ4v) is 3.31. The maximum absolute atomic E-state index is 11.1. The number of rotatable bonds is 1. The minimum absolute atomic E-state index is 0.134. The molecule has 1 saturated heterocycles. The second kappa shape index (κ2) is 2.35. The summed E-state index contributed by atoms with van der Waals surface area (Å²) < 4.78 is 0. The van der Waals surface area contributed by atoms with Crippen LogP contribution in [0.4, 0.5) is 0 Å². The van der Waals surface area contributed by atoms with Crippen molar-refractivity contribution in [2.75, 3.05) is 6.54 Å². The Hall–Kier alpha value is -0.830. The number of amides is 1. The summed E-state index contributed by atoms with van der Waals surface area (Å²) in [4.78, 5) is 11.1. The van der Waals surface area contributed by atoms with Gasteiger partial charge in [0.15, 0.2) is 0 Å². The molecule has 3 N–H and O–H groups in total. The Bertz CT molecular complexity index is 308. The molecular weight excluding hydrogens is 164 g/mol. The van der Waals surface area contributed by atoms with Crippen molar-refractivity contribution in [3.8, 4) is 0 Å². The lowest BCUT2D eigenvalue weighted by Crippen LogP contribution is -2.37. The Kier molecular flexibility index (Phi) is 1.37. The zero-order valence-corrected chi connectivity index (χ0v) is 7.55. The van der Waals surface area contributed by atoms with Crippen LogP contribution in [-0.2, 0) is 4.79 Å². The van der Waals surface area contributed by atoms with Gasteiger partial charge in [0, 0.05) is 6.54 Å². The van der Waals surface area contributed by atoms with Crippen molar-refractivity contribution in [2.45, 2.75) is 25.3 Å². The summed E-state index contributed by atoms with van der Waals surface area (Å²) in [6.45, 7) is 0.969. The molecule has 70 valence electrons. The Labute approximate surface area is 77.4 Å². The molecule has 0 radical (unpaired) electrons. The van der Waals surface area contributed by atoms with E-state index in [4.69, 9.17) is 5.73 Å². The molecule has 0 aromatic heterocycles. The average molecular weight is 178 g/mol. The largest absolute Gasteiger partial charge is 0.368 e. The van der Waals surface area contributed by atoms with Gasteiger partial charge in [-0.1, -0.05) is 5.57 Å². The van der Waals surface area contributed by atoms with E-state index < -0.39 is 0 Å². The molecule has 3 heteroatoms. The van der Waals surface area contributed by atoms with Crippen molar-refractivity contribution in [3.63, 3.8) is 0 Å². The van der Waals surface area contributed by atoms with Gasteiger partial charge in [0.2, 0.25) is 5.91 Å². The molecule has 3 unspecified atom stereocenters. The van der Waals surface area contributed by atoms with Crippen molar-refractivity contribution in [1.29, 1.82) is 0 Å². The maximum Gasteiger partial charge on any atom is 0.238 e. The van der Waals surface area contributed by atoms with Crippen LogP contribution in [0.15, 0.2) is 11.1 Å². The molecule has 2 aliphatic carbocycles. The van der Waals surface area contributed by atoms with E-state index in [0.717, 1.165) is 12.5 Å². The summed E-state index contributed by atoms with van der Waals surface area (Å²) in [6, 6.07) is -0.134. The molecule has 1 saturated carbocycles. The van der Waals surface area contributed by atoms with Crippen molar-refractivity contribution in [1.82, 2.24) is 5.32 Å². The molecule has 0 aromatic rings. The van der Waals surface area contributed by atoms with Crippen molar-refractivity contribution < 1.29 is 4.79 Å². The van der Waals surface area contributed by atoms with Crippen molar-refractivity contribution >= 4 is 5.91 Å². The maximum atomic E-state index is 11.1. The molecule has 13 heavy (non-hydrogen) atoms. The number of primary amides is 1. The van der Waals surface area contributed by atoms with Gasteiger partial charge >= 0.3 is 0 Å². The highest BCUT2D eigenvalue weighted by molar-refractivity contribution is 5.84. The minimum atomic E-state index is -0.197. The summed E-state index contributed by atoms with van der Waals surface area (Å²) >= 11 is 0. The van der Waals surface area contributed by atoms with Crippen molar-refractivity contribution in [2.24, 2.45) is 17.6 Å². The first-order chi connectivity index (χ1) is 6.27. The predicted octanol–water partition coefficient (Wildman–Crippen LogP) is 0.170. The SMILES string of the molecule is NC(=O)C1NCC2C1=C1CCC2C1. The lowest BCUT2D eigenvalue weighted by molar-refractivity contribution is -0.118. The van der Waals surface area contributed by atoms with Crippen molar-refractivity contribution in [3.05, 3.63) is 11.1 Å². The molecule has 0 spiro atoms. The molecule has 2 bridgehead atoms. The third kappa shape index (κ3) is 0.854. The Morgan fingerprint density at radius 1 is 1.54 bits per heavy atom. The lowest BCUT2D eigenvalue weighted by Gasteiger charge is -2.17. The van der Waals surface area contributed by atoms with Crippen LogP contribution >= 0.6 is 0 Å². The molecule has 3 nitrogen and oxygen atoms in total. The van der Waals surface area contributed by atoms with E-state index in [1.807, 2.05) is 0 Å². The molecule has 1 amide bonds. The highest BCUT2D eigenvalue weighted by atomic mass is 16.1. The smallest absolute Gasteiger partial charge is 0.238 e. The van der Waals surface area contributed by atoms with Crippen LogP contribution in [0.3, 0.4) is 0 Å². The number of fused-ring (bicyclic) bond motifs is 4. The summed E-state index contributed by atoms with van der Waals surface area (Å²) in [7, 11) is 0. The molecule has 2 fully saturated rings. The average Bonchev–Trinajstić information content (AvgIpc) is 2.76. The molecule has 3 aliphatic rings. The minimum Gasteiger partial charge on any atom is -0.368 e. The summed E-state index contributed by atoms with van der Waals surface area (Å²) in [5.74, 6) is 1.26. The number of carbonyl (C=O) groups is 1. The van der Waals surface area contributed by atoms with E-state index in [1.165, 1.54) is 30.4 Å². The Morgan fingerprint density at radius 2 is 2.38 bits per heavy atom. The van der Waals surface area contributed by atoms with Crippen LogP contribution in [0.1, 0.15) is 19.3 Å². The first-order valence-corrected chi connectivity index (χ1v) is 5.02. The molecule has 1 aliphatic heterocycles. The number of nitrogens with two attached hydrogens (primary N) is 1. The van der Waals surface area contributed by atoms with Crippen LogP contribution in [0.2, 0.25) is 0 Å². The second-order valence-electron chi connectivity index (χ2n) is 4.41. The standard InChI is InChI=1S/C10H14N2O/c11-10(13)9-8-6-2-1-5(3-6)7(8)4-12-9/h5,7,9,12H,1-4H2,(H2,11,13). The first kappa shape index (κ1) is 7.56. The van der Waals surface area contributed by atoms with E-state index in [-0.39, 0.29) is 11.9 Å². The monoisotopic (exact) mass is 178 g/mol. The van der Waals surface area contributed by atoms with Gasteiger partial charge in [-0.05, 0) is 36.7 Å². The summed E-state index contributed by atoms with van der Waals surface area (Å²) in [5.41, 5.74) is 8.25. The van der Waals surface area contributed by atoms with Crippen LogP contribution < -0.4 is 11.1 Å². The van der Waals surface area contributed by atoms with Gasteiger partial charge in [0.25, 0.3) is 0 Å². The number of hydrogen-bond donors (Lipinski definition) is 2. The van der Waals surface area contributed by atoms with E-state index in [0.29, 0.717) is 5.92 Å². The van der Waals surface area contributed by atoms with Gasteiger partial charge in [-0.15, -0.1) is 0 Å².